The molecule has 0 spiro atoms. The summed E-state index contributed by atoms with van der Waals surface area (Å²) in [5.74, 6) is 0.760. The van der Waals surface area contributed by atoms with Crippen LogP contribution in [0.5, 0.6) is 0 Å². The second-order valence-electron chi connectivity index (χ2n) is 7.73. The predicted molar refractivity (Wildman–Crippen MR) is 123 cm³/mol. The Morgan fingerprint density at radius 2 is 1.87 bits per heavy atom. The summed E-state index contributed by atoms with van der Waals surface area (Å²) in [4.78, 5) is 31.7. The maximum Gasteiger partial charge on any atom is 0.253 e. The summed E-state index contributed by atoms with van der Waals surface area (Å²) >= 11 is 1.65. The van der Waals surface area contributed by atoms with E-state index in [-0.39, 0.29) is 17.7 Å². The number of aryl methyl sites for hydroxylation is 1. The molecular formula is C24H26N4O2S. The number of benzene rings is 2. The third-order valence-electron chi connectivity index (χ3n) is 5.51. The summed E-state index contributed by atoms with van der Waals surface area (Å²) in [5, 5.41) is 3.92. The van der Waals surface area contributed by atoms with Crippen LogP contribution in [-0.4, -0.2) is 39.4 Å². The highest BCUT2D eigenvalue weighted by atomic mass is 32.2. The number of nitrogens with one attached hydrogen (secondary N) is 1. The van der Waals surface area contributed by atoms with Gasteiger partial charge in [-0.15, -0.1) is 0 Å². The number of anilines is 1. The van der Waals surface area contributed by atoms with Crippen molar-refractivity contribution in [1.82, 2.24) is 14.5 Å². The van der Waals surface area contributed by atoms with Crippen LogP contribution in [0.25, 0.3) is 0 Å². The van der Waals surface area contributed by atoms with Crippen LogP contribution in [0, 0.1) is 5.92 Å². The molecule has 0 bridgehead atoms. The summed E-state index contributed by atoms with van der Waals surface area (Å²) < 4.78 is 1.98. The first-order chi connectivity index (χ1) is 15.1. The number of likely N-dealkylation sites (tertiary alicyclic amines) is 1. The number of amides is 2. The summed E-state index contributed by atoms with van der Waals surface area (Å²) in [7, 11) is 1.97. The van der Waals surface area contributed by atoms with Crippen molar-refractivity contribution in [2.45, 2.75) is 23.8 Å². The molecule has 1 aliphatic heterocycles. The van der Waals surface area contributed by atoms with Gasteiger partial charge in [0.05, 0.1) is 0 Å². The molecule has 1 fully saturated rings. The number of hydrogen-bond donors (Lipinski definition) is 1. The van der Waals surface area contributed by atoms with Gasteiger partial charge in [-0.25, -0.2) is 4.98 Å². The minimum atomic E-state index is -0.0650. The number of carbonyl (C=O) groups excluding carboxylic acids is 2. The molecule has 1 N–H and O–H groups in total. The maximum atomic E-state index is 13.0. The highest BCUT2D eigenvalue weighted by Gasteiger charge is 2.28. The van der Waals surface area contributed by atoms with E-state index in [1.54, 1.807) is 18.0 Å². The molecule has 4 rings (SSSR count). The number of imidazole rings is 1. The van der Waals surface area contributed by atoms with Crippen LogP contribution in [-0.2, 0) is 17.6 Å². The molecule has 160 valence electrons. The normalized spacial score (nSPS) is 14.4. The molecule has 0 unspecified atom stereocenters. The first-order valence-electron chi connectivity index (χ1n) is 10.4. The standard InChI is InChI=1S/C24H26N4O2S/c1-27-15-12-25-24(27)31-17-18-6-5-7-20(16-18)23(30)28-13-10-19(11-14-28)22(29)26-21-8-3-2-4-9-21/h2-9,12,15-16,19H,10-11,13-14,17H2,1H3,(H,26,29). The number of rotatable bonds is 6. The molecule has 0 radical (unpaired) electrons. The molecular weight excluding hydrogens is 408 g/mol. The summed E-state index contributed by atoms with van der Waals surface area (Å²) in [5.41, 5.74) is 2.60. The number of piperidine rings is 1. The Morgan fingerprint density at radius 3 is 2.58 bits per heavy atom. The lowest BCUT2D eigenvalue weighted by Crippen LogP contribution is -2.41. The topological polar surface area (TPSA) is 67.2 Å². The van der Waals surface area contributed by atoms with Crippen molar-refractivity contribution in [3.05, 3.63) is 78.1 Å². The summed E-state index contributed by atoms with van der Waals surface area (Å²) in [6.07, 6.45) is 5.07. The van der Waals surface area contributed by atoms with Crippen molar-refractivity contribution in [2.75, 3.05) is 18.4 Å². The number of aromatic nitrogens is 2. The monoisotopic (exact) mass is 434 g/mol. The highest BCUT2D eigenvalue weighted by molar-refractivity contribution is 7.98. The molecule has 3 aromatic rings. The van der Waals surface area contributed by atoms with Crippen molar-refractivity contribution >= 4 is 29.3 Å². The lowest BCUT2D eigenvalue weighted by molar-refractivity contribution is -0.121. The fraction of sp³-hybridized carbons (Fsp3) is 0.292. The number of hydrogen-bond acceptors (Lipinski definition) is 4. The predicted octanol–water partition coefficient (Wildman–Crippen LogP) is 4.20. The maximum absolute atomic E-state index is 13.0. The van der Waals surface area contributed by atoms with E-state index in [0.717, 1.165) is 22.2 Å². The zero-order chi connectivity index (χ0) is 21.6. The summed E-state index contributed by atoms with van der Waals surface area (Å²) in [6.45, 7) is 1.19. The van der Waals surface area contributed by atoms with E-state index in [1.165, 1.54) is 0 Å². The van der Waals surface area contributed by atoms with Crippen LogP contribution in [0.2, 0.25) is 0 Å². The molecule has 1 saturated heterocycles. The van der Waals surface area contributed by atoms with Gasteiger partial charge in [0, 0.05) is 55.5 Å². The molecule has 1 aromatic heterocycles. The van der Waals surface area contributed by atoms with E-state index >= 15 is 0 Å². The van der Waals surface area contributed by atoms with Gasteiger partial charge in [0.2, 0.25) is 5.91 Å². The zero-order valence-electron chi connectivity index (χ0n) is 17.5. The molecule has 2 aromatic carbocycles. The van der Waals surface area contributed by atoms with Crippen molar-refractivity contribution < 1.29 is 9.59 Å². The largest absolute Gasteiger partial charge is 0.339 e. The van der Waals surface area contributed by atoms with Gasteiger partial charge in [-0.3, -0.25) is 9.59 Å². The lowest BCUT2D eigenvalue weighted by Gasteiger charge is -2.31. The van der Waals surface area contributed by atoms with E-state index in [1.807, 2.05) is 77.3 Å². The second kappa shape index (κ2) is 9.83. The van der Waals surface area contributed by atoms with Crippen LogP contribution in [0.15, 0.2) is 72.1 Å². The molecule has 1 aliphatic rings. The molecule has 2 heterocycles. The highest BCUT2D eigenvalue weighted by Crippen LogP contribution is 2.24. The Labute approximate surface area is 186 Å². The van der Waals surface area contributed by atoms with Gasteiger partial charge in [-0.05, 0) is 42.7 Å². The second-order valence-corrected chi connectivity index (χ2v) is 8.67. The molecule has 0 saturated carbocycles. The van der Waals surface area contributed by atoms with Gasteiger partial charge >= 0.3 is 0 Å². The van der Waals surface area contributed by atoms with Crippen LogP contribution < -0.4 is 5.32 Å². The Bertz CT molecular complexity index is 1040. The van der Waals surface area contributed by atoms with Crippen LogP contribution >= 0.6 is 11.8 Å². The van der Waals surface area contributed by atoms with Gasteiger partial charge in [0.25, 0.3) is 5.91 Å². The van der Waals surface area contributed by atoms with Crippen molar-refractivity contribution in [1.29, 1.82) is 0 Å². The SMILES string of the molecule is Cn1ccnc1SCc1cccc(C(=O)N2CCC(C(=O)Nc3ccccc3)CC2)c1. The van der Waals surface area contributed by atoms with Gasteiger partial charge in [0.15, 0.2) is 5.16 Å². The van der Waals surface area contributed by atoms with E-state index in [0.29, 0.717) is 31.5 Å². The van der Waals surface area contributed by atoms with Gasteiger partial charge in [-0.1, -0.05) is 42.1 Å². The lowest BCUT2D eigenvalue weighted by atomic mass is 9.95. The molecule has 0 aliphatic carbocycles. The molecule has 0 atom stereocenters. The number of thioether (sulfide) groups is 1. The number of para-hydroxylation sites is 1. The minimum absolute atomic E-state index is 0.0331. The molecule has 31 heavy (non-hydrogen) atoms. The molecule has 6 nitrogen and oxygen atoms in total. The van der Waals surface area contributed by atoms with Crippen LogP contribution in [0.3, 0.4) is 0 Å². The Kier molecular flexibility index (Phi) is 6.72. The van der Waals surface area contributed by atoms with Gasteiger partial charge in [-0.2, -0.15) is 0 Å². The van der Waals surface area contributed by atoms with Crippen molar-refractivity contribution in [2.24, 2.45) is 13.0 Å². The number of carbonyl (C=O) groups is 2. The Hall–Kier alpha value is -3.06. The van der Waals surface area contributed by atoms with Crippen molar-refractivity contribution in [3.63, 3.8) is 0 Å². The Morgan fingerprint density at radius 1 is 1.10 bits per heavy atom. The van der Waals surface area contributed by atoms with E-state index in [2.05, 4.69) is 10.3 Å². The van der Waals surface area contributed by atoms with Crippen molar-refractivity contribution in [3.8, 4) is 0 Å². The fourth-order valence-corrected chi connectivity index (χ4v) is 4.60. The van der Waals surface area contributed by atoms with Crippen LogP contribution in [0.1, 0.15) is 28.8 Å². The third-order valence-corrected chi connectivity index (χ3v) is 6.64. The van der Waals surface area contributed by atoms with E-state index in [4.69, 9.17) is 0 Å². The number of nitrogens with zero attached hydrogens (tertiary/aromatic N) is 3. The third kappa shape index (κ3) is 5.35. The van der Waals surface area contributed by atoms with Gasteiger partial charge in [0.1, 0.15) is 0 Å². The zero-order valence-corrected chi connectivity index (χ0v) is 18.3. The Balaban J connectivity index is 1.31. The van der Waals surface area contributed by atoms with E-state index < -0.39 is 0 Å². The smallest absolute Gasteiger partial charge is 0.253 e. The quantitative estimate of drug-likeness (QED) is 0.591. The van der Waals surface area contributed by atoms with E-state index in [9.17, 15) is 9.59 Å². The molecule has 7 heteroatoms. The average molecular weight is 435 g/mol. The average Bonchev–Trinajstić information content (AvgIpc) is 3.23. The first kappa shape index (κ1) is 21.2. The van der Waals surface area contributed by atoms with Crippen LogP contribution in [0.4, 0.5) is 5.69 Å². The molecule has 2 amide bonds. The van der Waals surface area contributed by atoms with Gasteiger partial charge < -0.3 is 14.8 Å². The minimum Gasteiger partial charge on any atom is -0.339 e. The first-order valence-corrected chi connectivity index (χ1v) is 11.4. The fourth-order valence-electron chi connectivity index (χ4n) is 3.73. The summed E-state index contributed by atoms with van der Waals surface area (Å²) in [6, 6.07) is 17.3.